The minimum Gasteiger partial charge on any atom is -0.330 e. The van der Waals surface area contributed by atoms with E-state index in [-0.39, 0.29) is 28.9 Å². The molecule has 4 heteroatoms. The summed E-state index contributed by atoms with van der Waals surface area (Å²) in [5.74, 6) is 0.225. The molecular weight excluding hydrogens is 276 g/mol. The van der Waals surface area contributed by atoms with E-state index in [1.54, 1.807) is 6.92 Å². The van der Waals surface area contributed by atoms with E-state index >= 15 is 0 Å². The largest absolute Gasteiger partial charge is 0.330 e. The highest BCUT2D eigenvalue weighted by Gasteiger charge is 2.71. The van der Waals surface area contributed by atoms with E-state index < -0.39 is 5.41 Å². The van der Waals surface area contributed by atoms with Crippen LogP contribution in [0.2, 0.25) is 0 Å². The van der Waals surface area contributed by atoms with Gasteiger partial charge >= 0.3 is 0 Å². The highest BCUT2D eigenvalue weighted by atomic mass is 16.1. The Morgan fingerprint density at radius 2 is 1.91 bits per heavy atom. The molecule has 126 valence electrons. The Labute approximate surface area is 134 Å². The molecule has 3 unspecified atom stereocenters. The second kappa shape index (κ2) is 6.79. The number of nitrogens with one attached hydrogen (secondary N) is 1. The molecule has 0 saturated heterocycles. The second-order valence-electron chi connectivity index (χ2n) is 7.45. The first-order valence-corrected chi connectivity index (χ1v) is 8.88. The first-order valence-electron chi connectivity index (χ1n) is 8.88. The van der Waals surface area contributed by atoms with Crippen molar-refractivity contribution in [1.29, 1.82) is 0 Å². The van der Waals surface area contributed by atoms with Crippen LogP contribution in [0.3, 0.4) is 0 Å². The molecule has 0 radical (unpaired) electrons. The molecule has 1 spiro atoms. The number of rotatable bonds is 6. The van der Waals surface area contributed by atoms with Crippen molar-refractivity contribution in [3.8, 4) is 0 Å². The van der Waals surface area contributed by atoms with Gasteiger partial charge in [-0.3, -0.25) is 9.59 Å². The third kappa shape index (κ3) is 2.44. The minimum atomic E-state index is -0.508. The zero-order valence-corrected chi connectivity index (χ0v) is 14.4. The van der Waals surface area contributed by atoms with Crippen LogP contribution in [0.4, 0.5) is 0 Å². The van der Waals surface area contributed by atoms with Gasteiger partial charge in [-0.05, 0) is 46.2 Å². The summed E-state index contributed by atoms with van der Waals surface area (Å²) in [6.45, 7) is 4.30. The number of likely N-dealkylation sites (N-methyl/N-ethyl adjacent to an activating group) is 1. The smallest absolute Gasteiger partial charge is 0.157 e. The lowest BCUT2D eigenvalue weighted by molar-refractivity contribution is -0.183. The lowest BCUT2D eigenvalue weighted by Gasteiger charge is -2.64. The molecule has 2 fully saturated rings. The Balaban J connectivity index is 2.38. The van der Waals surface area contributed by atoms with E-state index in [0.29, 0.717) is 6.54 Å². The fraction of sp³-hybridized carbons (Fsp3) is 0.889. The van der Waals surface area contributed by atoms with Gasteiger partial charge in [0.25, 0.3) is 0 Å². The lowest BCUT2D eigenvalue weighted by Crippen LogP contribution is -2.75. The number of nitrogens with two attached hydrogens (primary N) is 1. The summed E-state index contributed by atoms with van der Waals surface area (Å²) in [6, 6.07) is -0.0738. The lowest BCUT2D eigenvalue weighted by atomic mass is 9.39. The average molecular weight is 308 g/mol. The molecule has 22 heavy (non-hydrogen) atoms. The summed E-state index contributed by atoms with van der Waals surface area (Å²) >= 11 is 0. The van der Waals surface area contributed by atoms with Gasteiger partial charge in [-0.1, -0.05) is 32.6 Å². The molecule has 2 saturated carbocycles. The summed E-state index contributed by atoms with van der Waals surface area (Å²) in [4.78, 5) is 25.3. The van der Waals surface area contributed by atoms with Gasteiger partial charge in [0.05, 0.1) is 6.04 Å². The van der Waals surface area contributed by atoms with Crippen molar-refractivity contribution in [3.63, 3.8) is 0 Å². The molecule has 4 nitrogen and oxygen atoms in total. The van der Waals surface area contributed by atoms with Gasteiger partial charge in [0.2, 0.25) is 0 Å². The fourth-order valence-electron chi connectivity index (χ4n) is 5.33. The highest BCUT2D eigenvalue weighted by molar-refractivity contribution is 6.02. The number of hydrogen-bond acceptors (Lipinski definition) is 4. The maximum Gasteiger partial charge on any atom is 0.157 e. The van der Waals surface area contributed by atoms with Crippen molar-refractivity contribution in [1.82, 2.24) is 5.32 Å². The van der Waals surface area contributed by atoms with Crippen LogP contribution in [0, 0.1) is 16.7 Å². The first kappa shape index (κ1) is 17.6. The van der Waals surface area contributed by atoms with E-state index in [1.807, 2.05) is 7.05 Å². The van der Waals surface area contributed by atoms with Crippen LogP contribution in [0.25, 0.3) is 0 Å². The molecule has 2 rings (SSSR count). The predicted molar refractivity (Wildman–Crippen MR) is 88.6 cm³/mol. The molecule has 0 amide bonds. The zero-order chi connectivity index (χ0) is 16.4. The number of ketones is 2. The van der Waals surface area contributed by atoms with Gasteiger partial charge in [-0.25, -0.2) is 0 Å². The maximum atomic E-state index is 13.0. The predicted octanol–water partition coefficient (Wildman–Crippen LogP) is 2.45. The third-order valence-electron chi connectivity index (χ3n) is 6.53. The quantitative estimate of drug-likeness (QED) is 0.790. The van der Waals surface area contributed by atoms with E-state index in [0.717, 1.165) is 25.7 Å². The second-order valence-corrected chi connectivity index (χ2v) is 7.45. The van der Waals surface area contributed by atoms with Crippen molar-refractivity contribution < 1.29 is 9.59 Å². The molecule has 0 aromatic rings. The number of hydrogen-bond donors (Lipinski definition) is 2. The molecule has 2 aliphatic carbocycles. The van der Waals surface area contributed by atoms with Crippen LogP contribution in [0.1, 0.15) is 65.2 Å². The van der Waals surface area contributed by atoms with Gasteiger partial charge in [0, 0.05) is 16.7 Å². The monoisotopic (exact) mass is 308 g/mol. The van der Waals surface area contributed by atoms with E-state index in [4.69, 9.17) is 5.73 Å². The molecule has 0 aromatic carbocycles. The van der Waals surface area contributed by atoms with Crippen molar-refractivity contribution in [3.05, 3.63) is 0 Å². The summed E-state index contributed by atoms with van der Waals surface area (Å²) in [5, 5.41) is 3.26. The topological polar surface area (TPSA) is 72.2 Å². The van der Waals surface area contributed by atoms with Crippen LogP contribution in [-0.4, -0.2) is 31.2 Å². The zero-order valence-electron chi connectivity index (χ0n) is 14.4. The third-order valence-corrected chi connectivity index (χ3v) is 6.53. The van der Waals surface area contributed by atoms with Gasteiger partial charge in [0.1, 0.15) is 5.78 Å². The van der Waals surface area contributed by atoms with Crippen LogP contribution >= 0.6 is 0 Å². The van der Waals surface area contributed by atoms with Gasteiger partial charge in [-0.2, -0.15) is 0 Å². The van der Waals surface area contributed by atoms with Crippen LogP contribution in [0.15, 0.2) is 0 Å². The van der Waals surface area contributed by atoms with E-state index in [2.05, 4.69) is 12.2 Å². The summed E-state index contributed by atoms with van der Waals surface area (Å²) in [5.41, 5.74) is 5.10. The summed E-state index contributed by atoms with van der Waals surface area (Å²) in [7, 11) is 1.89. The Kier molecular flexibility index (Phi) is 5.44. The Bertz CT molecular complexity index is 427. The molecule has 3 N–H and O–H groups in total. The highest BCUT2D eigenvalue weighted by Crippen LogP contribution is 2.64. The van der Waals surface area contributed by atoms with Gasteiger partial charge in [0.15, 0.2) is 5.78 Å². The number of Topliss-reactive ketones (excluding diaryl/α,β-unsaturated/α-hetero) is 2. The van der Waals surface area contributed by atoms with Gasteiger partial charge in [-0.15, -0.1) is 0 Å². The Morgan fingerprint density at radius 1 is 1.32 bits per heavy atom. The standard InChI is InChI=1S/C18H32N2O2/c1-13(21)14(9-8-12-19)17(2)16(22)15(20-3)18(17)10-6-4-5-7-11-18/h14-15,20H,4-12,19H2,1-3H3. The molecular formula is C18H32N2O2. The minimum absolute atomic E-state index is 0.0414. The Hall–Kier alpha value is -0.740. The Morgan fingerprint density at radius 3 is 2.36 bits per heavy atom. The number of carbonyl (C=O) groups excluding carboxylic acids is 2. The fourth-order valence-corrected chi connectivity index (χ4v) is 5.33. The normalized spacial score (nSPS) is 32.4. The van der Waals surface area contributed by atoms with Crippen LogP contribution < -0.4 is 11.1 Å². The first-order chi connectivity index (χ1) is 10.5. The number of carbonyl (C=O) groups is 2. The van der Waals surface area contributed by atoms with Crippen LogP contribution in [-0.2, 0) is 9.59 Å². The van der Waals surface area contributed by atoms with Crippen molar-refractivity contribution in [2.24, 2.45) is 22.5 Å². The summed E-state index contributed by atoms with van der Waals surface area (Å²) < 4.78 is 0. The van der Waals surface area contributed by atoms with Gasteiger partial charge < -0.3 is 11.1 Å². The van der Waals surface area contributed by atoms with Crippen LogP contribution in [0.5, 0.6) is 0 Å². The van der Waals surface area contributed by atoms with Crippen molar-refractivity contribution >= 4 is 11.6 Å². The molecule has 0 aliphatic heterocycles. The maximum absolute atomic E-state index is 13.0. The van der Waals surface area contributed by atoms with E-state index in [9.17, 15) is 9.59 Å². The molecule has 2 aliphatic rings. The van der Waals surface area contributed by atoms with Crippen molar-refractivity contribution in [2.45, 2.75) is 71.3 Å². The molecule has 0 bridgehead atoms. The summed E-state index contributed by atoms with van der Waals surface area (Å²) in [6.07, 6.45) is 8.51. The molecule has 0 heterocycles. The van der Waals surface area contributed by atoms with E-state index in [1.165, 1.54) is 25.7 Å². The SMILES string of the molecule is CNC1C(=O)C(C)(C(CCCN)C(C)=O)C12CCCCCC2. The van der Waals surface area contributed by atoms with Crippen molar-refractivity contribution in [2.75, 3.05) is 13.6 Å². The average Bonchev–Trinajstić information content (AvgIpc) is 2.75. The molecule has 0 aromatic heterocycles. The molecule has 3 atom stereocenters.